The molecule has 1 N–H and O–H groups in total. The number of carbonyl (C=O) groups excluding carboxylic acids is 1. The van der Waals surface area contributed by atoms with Crippen molar-refractivity contribution in [2.45, 2.75) is 23.9 Å². The number of nitrogens with one attached hydrogen (secondary N) is 1. The van der Waals surface area contributed by atoms with Crippen LogP contribution in [0.2, 0.25) is 0 Å². The number of pyridine rings is 1. The quantitative estimate of drug-likeness (QED) is 0.685. The zero-order chi connectivity index (χ0) is 16.9. The molecule has 0 radical (unpaired) electrons. The summed E-state index contributed by atoms with van der Waals surface area (Å²) < 4.78 is 1.88. The fraction of sp³-hybridized carbons (Fsp3) is 0.250. The Morgan fingerprint density at radius 2 is 2.25 bits per heavy atom. The molecule has 24 heavy (non-hydrogen) atoms. The van der Waals surface area contributed by atoms with Crippen molar-refractivity contribution in [3.8, 4) is 11.4 Å². The lowest BCUT2D eigenvalue weighted by Crippen LogP contribution is -2.30. The molecule has 0 aromatic carbocycles. The second-order valence-electron chi connectivity index (χ2n) is 5.16. The molecule has 1 amide bonds. The number of rotatable bonds is 6. The Bertz CT molecular complexity index is 801. The Balaban J connectivity index is 1.63. The van der Waals surface area contributed by atoms with Crippen molar-refractivity contribution < 1.29 is 4.79 Å². The van der Waals surface area contributed by atoms with E-state index in [1.807, 2.05) is 48.2 Å². The van der Waals surface area contributed by atoms with Crippen LogP contribution in [0.1, 0.15) is 11.8 Å². The van der Waals surface area contributed by atoms with Crippen LogP contribution in [0.15, 0.2) is 47.2 Å². The average molecular weight is 359 g/mol. The maximum Gasteiger partial charge on any atom is 0.233 e. The van der Waals surface area contributed by atoms with E-state index in [0.29, 0.717) is 11.7 Å². The van der Waals surface area contributed by atoms with Gasteiger partial charge in [-0.15, -0.1) is 21.5 Å². The summed E-state index contributed by atoms with van der Waals surface area (Å²) in [5, 5.41) is 13.8. The minimum atomic E-state index is -0.255. The van der Waals surface area contributed by atoms with E-state index in [2.05, 4.69) is 20.5 Å². The molecule has 0 aliphatic heterocycles. The Morgan fingerprint density at radius 3 is 2.96 bits per heavy atom. The van der Waals surface area contributed by atoms with Crippen LogP contribution >= 0.6 is 23.1 Å². The molecule has 3 rings (SSSR count). The van der Waals surface area contributed by atoms with Crippen molar-refractivity contribution >= 4 is 29.0 Å². The summed E-state index contributed by atoms with van der Waals surface area (Å²) in [6.07, 6.45) is 3.46. The first kappa shape index (κ1) is 16.7. The van der Waals surface area contributed by atoms with Crippen molar-refractivity contribution in [1.82, 2.24) is 25.1 Å². The van der Waals surface area contributed by atoms with Gasteiger partial charge in [-0.05, 0) is 30.5 Å². The topological polar surface area (TPSA) is 72.7 Å². The predicted octanol–water partition coefficient (Wildman–Crippen LogP) is 2.74. The van der Waals surface area contributed by atoms with E-state index in [1.54, 1.807) is 23.7 Å². The molecular weight excluding hydrogens is 342 g/mol. The van der Waals surface area contributed by atoms with Crippen molar-refractivity contribution in [1.29, 1.82) is 0 Å². The van der Waals surface area contributed by atoms with Gasteiger partial charge in [0.1, 0.15) is 0 Å². The van der Waals surface area contributed by atoms with Crippen LogP contribution in [0.25, 0.3) is 11.4 Å². The third-order valence-corrected chi connectivity index (χ3v) is 5.43. The number of aromatic nitrogens is 4. The van der Waals surface area contributed by atoms with Gasteiger partial charge in [0.2, 0.25) is 5.91 Å². The summed E-state index contributed by atoms with van der Waals surface area (Å²) in [6, 6.07) is 7.77. The number of hydrogen-bond acceptors (Lipinski definition) is 6. The van der Waals surface area contributed by atoms with E-state index in [9.17, 15) is 4.79 Å². The highest BCUT2D eigenvalue weighted by Gasteiger charge is 2.19. The monoisotopic (exact) mass is 359 g/mol. The van der Waals surface area contributed by atoms with Crippen molar-refractivity contribution in [2.24, 2.45) is 7.05 Å². The molecule has 0 saturated heterocycles. The van der Waals surface area contributed by atoms with Gasteiger partial charge in [-0.2, -0.15) is 0 Å². The van der Waals surface area contributed by atoms with E-state index in [-0.39, 0.29) is 11.2 Å². The zero-order valence-corrected chi connectivity index (χ0v) is 15.0. The molecule has 3 aromatic rings. The van der Waals surface area contributed by atoms with Crippen LogP contribution in [-0.2, 0) is 18.4 Å². The van der Waals surface area contributed by atoms with Crippen LogP contribution in [-0.4, -0.2) is 30.9 Å². The van der Waals surface area contributed by atoms with Gasteiger partial charge in [-0.3, -0.25) is 9.78 Å². The lowest BCUT2D eigenvalue weighted by atomic mass is 10.3. The smallest absolute Gasteiger partial charge is 0.233 e. The van der Waals surface area contributed by atoms with Gasteiger partial charge in [-0.1, -0.05) is 17.8 Å². The van der Waals surface area contributed by atoms with E-state index in [0.717, 1.165) is 16.3 Å². The zero-order valence-electron chi connectivity index (χ0n) is 13.3. The third-order valence-electron chi connectivity index (χ3n) is 3.42. The first-order chi connectivity index (χ1) is 11.6. The Morgan fingerprint density at radius 1 is 1.38 bits per heavy atom. The number of nitrogens with zero attached hydrogens (tertiary/aromatic N) is 4. The van der Waals surface area contributed by atoms with Gasteiger partial charge in [0, 0.05) is 29.9 Å². The molecule has 3 aromatic heterocycles. The summed E-state index contributed by atoms with van der Waals surface area (Å²) in [5.74, 6) is 0.719. The molecule has 0 aliphatic rings. The molecule has 1 atom stereocenters. The number of carbonyl (C=O) groups is 1. The average Bonchev–Trinajstić information content (AvgIpc) is 3.24. The Labute approximate surface area is 148 Å². The number of hydrogen-bond donors (Lipinski definition) is 1. The molecule has 124 valence electrons. The first-order valence-electron chi connectivity index (χ1n) is 7.41. The Hall–Kier alpha value is -2.19. The van der Waals surface area contributed by atoms with Gasteiger partial charge in [0.05, 0.1) is 11.8 Å². The second-order valence-corrected chi connectivity index (χ2v) is 7.50. The largest absolute Gasteiger partial charge is 0.350 e. The van der Waals surface area contributed by atoms with E-state index >= 15 is 0 Å². The molecule has 6 nitrogen and oxygen atoms in total. The van der Waals surface area contributed by atoms with Crippen LogP contribution in [0.4, 0.5) is 0 Å². The molecule has 8 heteroatoms. The summed E-state index contributed by atoms with van der Waals surface area (Å²) in [6.45, 7) is 2.42. The number of thiophene rings is 1. The molecule has 1 unspecified atom stereocenters. The van der Waals surface area contributed by atoms with Crippen LogP contribution in [0.5, 0.6) is 0 Å². The van der Waals surface area contributed by atoms with Crippen molar-refractivity contribution in [3.05, 3.63) is 46.9 Å². The van der Waals surface area contributed by atoms with Gasteiger partial charge < -0.3 is 9.88 Å². The predicted molar refractivity (Wildman–Crippen MR) is 95.7 cm³/mol. The summed E-state index contributed by atoms with van der Waals surface area (Å²) >= 11 is 3.02. The second kappa shape index (κ2) is 7.59. The van der Waals surface area contributed by atoms with Crippen molar-refractivity contribution in [3.63, 3.8) is 0 Å². The number of amides is 1. The van der Waals surface area contributed by atoms with Crippen molar-refractivity contribution in [2.75, 3.05) is 0 Å². The standard InChI is InChI=1S/C16H17N5OS2/c1-11(15(22)18-10-13-6-4-8-23-13)24-16-20-19-14(21(16)2)12-5-3-7-17-9-12/h3-9,11H,10H2,1-2H3,(H,18,22). The summed E-state index contributed by atoms with van der Waals surface area (Å²) in [7, 11) is 1.89. The molecule has 0 spiro atoms. The van der Waals surface area contributed by atoms with Gasteiger partial charge in [0.25, 0.3) is 0 Å². The number of thioether (sulfide) groups is 1. The molecule has 0 bridgehead atoms. The SMILES string of the molecule is CC(Sc1nnc(-c2cccnc2)n1C)C(=O)NCc1cccs1. The molecular formula is C16H17N5OS2. The van der Waals surface area contributed by atoms with Crippen LogP contribution in [0.3, 0.4) is 0 Å². The highest BCUT2D eigenvalue weighted by molar-refractivity contribution is 8.00. The maximum atomic E-state index is 12.2. The maximum absolute atomic E-state index is 12.2. The minimum absolute atomic E-state index is 0.0145. The fourth-order valence-corrected chi connectivity index (χ4v) is 3.59. The van der Waals surface area contributed by atoms with Crippen LogP contribution < -0.4 is 5.32 Å². The molecule has 0 saturated carbocycles. The van der Waals surface area contributed by atoms with Crippen LogP contribution in [0, 0.1) is 0 Å². The van der Waals surface area contributed by atoms with Gasteiger partial charge >= 0.3 is 0 Å². The minimum Gasteiger partial charge on any atom is -0.350 e. The van der Waals surface area contributed by atoms with E-state index in [4.69, 9.17) is 0 Å². The third kappa shape index (κ3) is 3.82. The fourth-order valence-electron chi connectivity index (χ4n) is 2.11. The summed E-state index contributed by atoms with van der Waals surface area (Å²) in [5.41, 5.74) is 0.897. The molecule has 0 aliphatic carbocycles. The first-order valence-corrected chi connectivity index (χ1v) is 9.17. The highest BCUT2D eigenvalue weighted by Crippen LogP contribution is 2.25. The van der Waals surface area contributed by atoms with E-state index < -0.39 is 0 Å². The highest BCUT2D eigenvalue weighted by atomic mass is 32.2. The molecule has 0 fully saturated rings. The lowest BCUT2D eigenvalue weighted by molar-refractivity contribution is -0.120. The Kier molecular flexibility index (Phi) is 5.27. The summed E-state index contributed by atoms with van der Waals surface area (Å²) in [4.78, 5) is 17.5. The normalized spacial score (nSPS) is 12.1. The lowest BCUT2D eigenvalue weighted by Gasteiger charge is -2.11. The van der Waals surface area contributed by atoms with Gasteiger partial charge in [-0.25, -0.2) is 0 Å². The molecule has 3 heterocycles. The van der Waals surface area contributed by atoms with Gasteiger partial charge in [0.15, 0.2) is 11.0 Å². The van der Waals surface area contributed by atoms with E-state index in [1.165, 1.54) is 11.8 Å².